The second-order valence-electron chi connectivity index (χ2n) is 10.6. The molecule has 5 heterocycles. The Hall–Kier alpha value is -2.26. The number of nitrogens with zero attached hydrogens (tertiary/aromatic N) is 5. The molecular weight excluding hydrogens is 526 g/mol. The van der Waals surface area contributed by atoms with Crippen LogP contribution in [0.3, 0.4) is 0 Å². The Bertz CT molecular complexity index is 1450. The Labute approximate surface area is 216 Å². The van der Waals surface area contributed by atoms with Crippen molar-refractivity contribution in [2.75, 3.05) is 24.6 Å². The molecule has 2 atom stereocenters. The van der Waals surface area contributed by atoms with Gasteiger partial charge < -0.3 is 14.7 Å². The molecule has 2 N–H and O–H groups in total. The maximum atomic E-state index is 13.4. The molecule has 1 saturated carbocycles. The maximum absolute atomic E-state index is 13.4. The van der Waals surface area contributed by atoms with Gasteiger partial charge in [-0.2, -0.15) is 0 Å². The molecule has 0 amide bonds. The van der Waals surface area contributed by atoms with E-state index >= 15 is 0 Å². The molecule has 3 aliphatic rings. The molecule has 3 aromatic rings. The van der Waals surface area contributed by atoms with Gasteiger partial charge in [-0.15, -0.1) is 10.2 Å². The fourth-order valence-electron chi connectivity index (χ4n) is 5.30. The predicted octanol–water partition coefficient (Wildman–Crippen LogP) is 2.99. The Kier molecular flexibility index (Phi) is 5.84. The lowest BCUT2D eigenvalue weighted by atomic mass is 9.74. The summed E-state index contributed by atoms with van der Waals surface area (Å²) in [6.07, 6.45) is 2.43. The van der Waals surface area contributed by atoms with Crippen LogP contribution in [-0.4, -0.2) is 70.5 Å². The first-order chi connectivity index (χ1) is 17.5. The zero-order valence-corrected chi connectivity index (χ0v) is 22.0. The molecule has 37 heavy (non-hydrogen) atoms. The fraction of sp³-hybridized carbons (Fsp3) is 0.609. The smallest absolute Gasteiger partial charge is 0.291 e. The van der Waals surface area contributed by atoms with Crippen LogP contribution in [0.4, 0.5) is 14.5 Å². The van der Waals surface area contributed by atoms with E-state index in [1.165, 1.54) is 6.20 Å². The first kappa shape index (κ1) is 25.0. The molecule has 1 aliphatic carbocycles. The van der Waals surface area contributed by atoms with Crippen LogP contribution in [0.2, 0.25) is 0 Å². The minimum absolute atomic E-state index is 0.0547. The lowest BCUT2D eigenvalue weighted by Gasteiger charge is -2.41. The standard InChI is InChI=1S/C23H28F2N6O4S2/c1-13-17(32)23(12-35-13)5-7-30(8-6-23)15-9-14(37(33,34)29-22(2)3-4-22)11-31-16(15)10-26-19(31)21-28-27-20(36-21)18(24)25/h9-11,13,17-18,29,32H,3-8,12H2,1-2H3/t13-,17+/m0/s1. The highest BCUT2D eigenvalue weighted by molar-refractivity contribution is 7.89. The normalized spacial score (nSPS) is 25.0. The number of sulfonamides is 1. The Morgan fingerprint density at radius 3 is 2.57 bits per heavy atom. The number of halogens is 2. The highest BCUT2D eigenvalue weighted by Gasteiger charge is 2.49. The van der Waals surface area contributed by atoms with Crippen molar-refractivity contribution < 1.29 is 27.0 Å². The summed E-state index contributed by atoms with van der Waals surface area (Å²) in [5.41, 5.74) is 0.511. The zero-order chi connectivity index (χ0) is 26.2. The molecular formula is C23H28F2N6O4S2. The average Bonchev–Trinajstić information content (AvgIpc) is 3.22. The summed E-state index contributed by atoms with van der Waals surface area (Å²) in [6, 6.07) is 1.64. The zero-order valence-electron chi connectivity index (χ0n) is 20.4. The summed E-state index contributed by atoms with van der Waals surface area (Å²) in [4.78, 5) is 6.56. The number of hydrogen-bond donors (Lipinski definition) is 2. The van der Waals surface area contributed by atoms with Crippen molar-refractivity contribution in [1.82, 2.24) is 24.3 Å². The van der Waals surface area contributed by atoms with E-state index in [1.54, 1.807) is 16.7 Å². The summed E-state index contributed by atoms with van der Waals surface area (Å²) in [6.45, 7) is 5.41. The Balaban J connectivity index is 1.42. The van der Waals surface area contributed by atoms with Gasteiger partial charge in [0.15, 0.2) is 15.8 Å². The van der Waals surface area contributed by atoms with Crippen LogP contribution >= 0.6 is 11.3 Å². The fourth-order valence-corrected chi connectivity index (χ4v) is 7.48. The molecule has 1 spiro atoms. The largest absolute Gasteiger partial charge is 0.390 e. The number of imidazole rings is 1. The summed E-state index contributed by atoms with van der Waals surface area (Å²) < 4.78 is 63.2. The van der Waals surface area contributed by atoms with E-state index in [0.717, 1.165) is 24.2 Å². The lowest BCUT2D eigenvalue weighted by Crippen LogP contribution is -2.47. The van der Waals surface area contributed by atoms with Crippen molar-refractivity contribution in [2.24, 2.45) is 5.41 Å². The minimum atomic E-state index is -3.87. The lowest BCUT2D eigenvalue weighted by molar-refractivity contribution is 0.0250. The molecule has 0 unspecified atom stereocenters. The molecule has 2 saturated heterocycles. The third-order valence-electron chi connectivity index (χ3n) is 7.91. The van der Waals surface area contributed by atoms with Crippen LogP contribution in [0.5, 0.6) is 0 Å². The minimum Gasteiger partial charge on any atom is -0.390 e. The van der Waals surface area contributed by atoms with Gasteiger partial charge in [0.05, 0.1) is 36.2 Å². The van der Waals surface area contributed by atoms with Gasteiger partial charge in [0, 0.05) is 30.2 Å². The average molecular weight is 555 g/mol. The Morgan fingerprint density at radius 1 is 1.24 bits per heavy atom. The quantitative estimate of drug-likeness (QED) is 0.477. The molecule has 3 aromatic heterocycles. The highest BCUT2D eigenvalue weighted by Crippen LogP contribution is 2.44. The maximum Gasteiger partial charge on any atom is 0.291 e. The van der Waals surface area contributed by atoms with E-state index < -0.39 is 33.1 Å². The third-order valence-corrected chi connectivity index (χ3v) is 10.4. The molecule has 0 aromatic carbocycles. The number of nitrogens with one attached hydrogen (secondary N) is 1. The van der Waals surface area contributed by atoms with Gasteiger partial charge >= 0.3 is 0 Å². The molecule has 10 nitrogen and oxygen atoms in total. The number of alkyl halides is 2. The molecule has 0 bridgehead atoms. The van der Waals surface area contributed by atoms with Gasteiger partial charge in [0.25, 0.3) is 6.43 Å². The Morgan fingerprint density at radius 2 is 1.97 bits per heavy atom. The number of ether oxygens (including phenoxy) is 1. The van der Waals surface area contributed by atoms with Crippen molar-refractivity contribution in [3.8, 4) is 10.8 Å². The van der Waals surface area contributed by atoms with Crippen molar-refractivity contribution in [2.45, 2.75) is 68.6 Å². The molecule has 14 heteroatoms. The molecule has 200 valence electrons. The van der Waals surface area contributed by atoms with Crippen molar-refractivity contribution in [3.63, 3.8) is 0 Å². The third kappa shape index (κ3) is 4.32. The highest BCUT2D eigenvalue weighted by atomic mass is 32.2. The van der Waals surface area contributed by atoms with Gasteiger partial charge in [-0.1, -0.05) is 11.3 Å². The first-order valence-corrected chi connectivity index (χ1v) is 14.5. The topological polar surface area (TPSA) is 122 Å². The van der Waals surface area contributed by atoms with E-state index in [9.17, 15) is 22.3 Å². The second-order valence-corrected chi connectivity index (χ2v) is 13.3. The van der Waals surface area contributed by atoms with Gasteiger partial charge in [0.1, 0.15) is 4.90 Å². The van der Waals surface area contributed by atoms with Crippen LogP contribution in [0.25, 0.3) is 16.3 Å². The predicted molar refractivity (Wildman–Crippen MR) is 132 cm³/mol. The molecule has 2 aliphatic heterocycles. The van der Waals surface area contributed by atoms with E-state index in [2.05, 4.69) is 24.8 Å². The number of aromatic nitrogens is 4. The monoisotopic (exact) mass is 554 g/mol. The van der Waals surface area contributed by atoms with E-state index in [-0.39, 0.29) is 27.2 Å². The van der Waals surface area contributed by atoms with Gasteiger partial charge in [-0.05, 0) is 45.6 Å². The number of fused-ring (bicyclic) bond motifs is 1. The van der Waals surface area contributed by atoms with E-state index in [1.807, 2.05) is 13.8 Å². The van der Waals surface area contributed by atoms with E-state index in [0.29, 0.717) is 43.7 Å². The summed E-state index contributed by atoms with van der Waals surface area (Å²) in [5, 5.41) is 17.9. The second kappa shape index (κ2) is 8.63. The van der Waals surface area contributed by atoms with Crippen molar-refractivity contribution >= 4 is 32.6 Å². The van der Waals surface area contributed by atoms with Crippen LogP contribution in [0, 0.1) is 5.41 Å². The molecule has 3 fully saturated rings. The van der Waals surface area contributed by atoms with Crippen LogP contribution < -0.4 is 9.62 Å². The van der Waals surface area contributed by atoms with Crippen LogP contribution in [0.1, 0.15) is 51.0 Å². The number of aliphatic hydroxyl groups excluding tert-OH is 1. The number of anilines is 1. The van der Waals surface area contributed by atoms with Gasteiger partial charge in [0.2, 0.25) is 10.0 Å². The van der Waals surface area contributed by atoms with Gasteiger partial charge in [-0.25, -0.2) is 26.9 Å². The molecule has 6 rings (SSSR count). The molecule has 0 radical (unpaired) electrons. The summed E-state index contributed by atoms with van der Waals surface area (Å²) in [7, 11) is -3.87. The van der Waals surface area contributed by atoms with Crippen LogP contribution in [-0.2, 0) is 14.8 Å². The number of rotatable bonds is 6. The number of hydrogen-bond acceptors (Lipinski definition) is 9. The van der Waals surface area contributed by atoms with E-state index in [4.69, 9.17) is 4.74 Å². The summed E-state index contributed by atoms with van der Waals surface area (Å²) in [5.74, 6) is 0.247. The van der Waals surface area contributed by atoms with Crippen molar-refractivity contribution in [1.29, 1.82) is 0 Å². The number of aliphatic hydroxyl groups is 1. The first-order valence-electron chi connectivity index (χ1n) is 12.2. The van der Waals surface area contributed by atoms with Crippen molar-refractivity contribution in [3.05, 3.63) is 23.5 Å². The number of piperidine rings is 1. The summed E-state index contributed by atoms with van der Waals surface area (Å²) >= 11 is 0.725. The van der Waals surface area contributed by atoms with Crippen LogP contribution in [0.15, 0.2) is 23.4 Å². The number of pyridine rings is 1. The SMILES string of the molecule is C[C@@H]1OCC2(CCN(c3cc(S(=O)(=O)NC4(C)CC4)cn4c(-c5nnc(C(F)F)s5)ncc34)CC2)[C@@H]1O. The van der Waals surface area contributed by atoms with Gasteiger partial charge in [-0.3, -0.25) is 4.40 Å².